The van der Waals surface area contributed by atoms with Gasteiger partial charge in [-0.05, 0) is 29.8 Å². The van der Waals surface area contributed by atoms with Crippen LogP contribution < -0.4 is 4.72 Å². The first-order chi connectivity index (χ1) is 11.4. The normalized spacial score (nSPS) is 11.4. The molecule has 7 heteroatoms. The predicted octanol–water partition coefficient (Wildman–Crippen LogP) is 3.04. The lowest BCUT2D eigenvalue weighted by Gasteiger charge is -2.08. The fraction of sp³-hybridized carbons (Fsp3) is 0.0588. The van der Waals surface area contributed by atoms with Crippen molar-refractivity contribution in [1.82, 2.24) is 9.71 Å². The maximum absolute atomic E-state index is 12.4. The van der Waals surface area contributed by atoms with Crippen LogP contribution in [0.2, 0.25) is 0 Å². The van der Waals surface area contributed by atoms with Gasteiger partial charge in [-0.3, -0.25) is 9.78 Å². The average molecular weight is 405 g/mol. The Hall–Kier alpha value is -2.25. The minimum Gasteiger partial charge on any atom is -0.274 e. The van der Waals surface area contributed by atoms with Crippen molar-refractivity contribution in [3.05, 3.63) is 70.8 Å². The zero-order valence-electron chi connectivity index (χ0n) is 12.4. The summed E-state index contributed by atoms with van der Waals surface area (Å²) in [4.78, 5) is 16.1. The Kier molecular flexibility index (Phi) is 4.64. The van der Waals surface area contributed by atoms with Gasteiger partial charge in [-0.25, -0.2) is 13.1 Å². The lowest BCUT2D eigenvalue weighted by Crippen LogP contribution is -2.31. The number of carbonyl (C=O) groups excluding carboxylic acids is 1. The second kappa shape index (κ2) is 6.70. The fourth-order valence-corrected chi connectivity index (χ4v) is 3.46. The van der Waals surface area contributed by atoms with Gasteiger partial charge in [-0.15, -0.1) is 0 Å². The Morgan fingerprint density at radius 1 is 1.08 bits per heavy atom. The van der Waals surface area contributed by atoms with Crippen LogP contribution in [0.5, 0.6) is 0 Å². The quantitative estimate of drug-likeness (QED) is 0.724. The third-order valence-electron chi connectivity index (χ3n) is 3.40. The molecule has 122 valence electrons. The van der Waals surface area contributed by atoms with Gasteiger partial charge in [-0.2, -0.15) is 0 Å². The number of nitrogens with zero attached hydrogens (tertiary/aromatic N) is 1. The highest BCUT2D eigenvalue weighted by Gasteiger charge is 2.18. The van der Waals surface area contributed by atoms with Crippen molar-refractivity contribution >= 4 is 42.8 Å². The lowest BCUT2D eigenvalue weighted by molar-refractivity contribution is -0.118. The van der Waals surface area contributed by atoms with E-state index in [4.69, 9.17) is 0 Å². The summed E-state index contributed by atoms with van der Waals surface area (Å²) < 4.78 is 27.7. The number of hydrogen-bond acceptors (Lipinski definition) is 4. The number of benzene rings is 2. The van der Waals surface area contributed by atoms with Gasteiger partial charge in [0.25, 0.3) is 10.0 Å². The smallest absolute Gasteiger partial charge is 0.265 e. The van der Waals surface area contributed by atoms with Crippen LogP contribution in [0.3, 0.4) is 0 Å². The van der Waals surface area contributed by atoms with E-state index >= 15 is 0 Å². The number of amides is 1. The standard InChI is InChI=1S/C17H13BrN2O3S/c18-14-7-5-12(6-8-14)9-17(21)20-24(22,23)15-10-13-3-1-2-4-16(13)19-11-15/h1-8,10-11H,9H2,(H,20,21). The van der Waals surface area contributed by atoms with E-state index in [-0.39, 0.29) is 11.3 Å². The van der Waals surface area contributed by atoms with Crippen LogP contribution in [0, 0.1) is 0 Å². The van der Waals surface area contributed by atoms with E-state index in [1.165, 1.54) is 12.3 Å². The third-order valence-corrected chi connectivity index (χ3v) is 5.27. The van der Waals surface area contributed by atoms with Gasteiger partial charge in [0.05, 0.1) is 11.9 Å². The molecule has 5 nitrogen and oxygen atoms in total. The SMILES string of the molecule is O=C(Cc1ccc(Br)cc1)NS(=O)(=O)c1cnc2ccccc2c1. The van der Waals surface area contributed by atoms with E-state index in [0.717, 1.165) is 10.0 Å². The molecular weight excluding hydrogens is 392 g/mol. The summed E-state index contributed by atoms with van der Waals surface area (Å²) in [6.07, 6.45) is 1.23. The van der Waals surface area contributed by atoms with E-state index in [2.05, 4.69) is 25.6 Å². The minimum absolute atomic E-state index is 0.0203. The number of aromatic nitrogens is 1. The number of pyridine rings is 1. The van der Waals surface area contributed by atoms with Crippen LogP contribution in [0.1, 0.15) is 5.56 Å². The molecule has 1 aromatic heterocycles. The molecule has 3 rings (SSSR count). The molecule has 24 heavy (non-hydrogen) atoms. The molecule has 1 N–H and O–H groups in total. The molecule has 1 heterocycles. The van der Waals surface area contributed by atoms with Gasteiger partial charge >= 0.3 is 0 Å². The van der Waals surface area contributed by atoms with Crippen molar-refractivity contribution in [2.24, 2.45) is 0 Å². The molecule has 0 aliphatic rings. The summed E-state index contributed by atoms with van der Waals surface area (Å²) in [6.45, 7) is 0. The molecule has 1 amide bonds. The highest BCUT2D eigenvalue weighted by molar-refractivity contribution is 9.10. The number of hydrogen-bond donors (Lipinski definition) is 1. The van der Waals surface area contributed by atoms with E-state index in [1.807, 2.05) is 6.07 Å². The summed E-state index contributed by atoms with van der Waals surface area (Å²) in [7, 11) is -3.95. The summed E-state index contributed by atoms with van der Waals surface area (Å²) >= 11 is 3.31. The van der Waals surface area contributed by atoms with Crippen molar-refractivity contribution in [3.63, 3.8) is 0 Å². The molecule has 0 aliphatic heterocycles. The molecule has 3 aromatic rings. The van der Waals surface area contributed by atoms with Gasteiger partial charge in [-0.1, -0.05) is 46.3 Å². The highest BCUT2D eigenvalue weighted by atomic mass is 79.9. The molecule has 2 aromatic carbocycles. The summed E-state index contributed by atoms with van der Waals surface area (Å²) in [6, 6.07) is 15.8. The van der Waals surface area contributed by atoms with Crippen molar-refractivity contribution in [3.8, 4) is 0 Å². The van der Waals surface area contributed by atoms with Gasteiger partial charge in [0.1, 0.15) is 4.90 Å². The Morgan fingerprint density at radius 2 is 1.79 bits per heavy atom. The Labute approximate surface area is 147 Å². The largest absolute Gasteiger partial charge is 0.274 e. The molecule has 0 aliphatic carbocycles. The number of nitrogens with one attached hydrogen (secondary N) is 1. The average Bonchev–Trinajstić information content (AvgIpc) is 2.56. The van der Waals surface area contributed by atoms with Crippen LogP contribution in [0.25, 0.3) is 10.9 Å². The first kappa shape index (κ1) is 16.6. The number of carbonyl (C=O) groups is 1. The number of halogens is 1. The van der Waals surface area contributed by atoms with Gasteiger partial charge in [0.15, 0.2) is 0 Å². The van der Waals surface area contributed by atoms with Crippen molar-refractivity contribution in [2.45, 2.75) is 11.3 Å². The third kappa shape index (κ3) is 3.80. The van der Waals surface area contributed by atoms with Crippen molar-refractivity contribution < 1.29 is 13.2 Å². The maximum Gasteiger partial charge on any atom is 0.265 e. The second-order valence-corrected chi connectivity index (χ2v) is 7.79. The Balaban J connectivity index is 1.79. The van der Waals surface area contributed by atoms with E-state index in [1.54, 1.807) is 42.5 Å². The molecule has 0 saturated heterocycles. The summed E-state index contributed by atoms with van der Waals surface area (Å²) in [5.41, 5.74) is 1.42. The summed E-state index contributed by atoms with van der Waals surface area (Å²) in [5, 5.41) is 0.695. The molecular formula is C17H13BrN2O3S. The molecule has 0 radical (unpaired) electrons. The van der Waals surface area contributed by atoms with Crippen LogP contribution in [0.15, 0.2) is 70.2 Å². The zero-order valence-corrected chi connectivity index (χ0v) is 14.8. The Bertz CT molecular complexity index is 1000. The number of fused-ring (bicyclic) bond motifs is 1. The van der Waals surface area contributed by atoms with Crippen LogP contribution in [-0.4, -0.2) is 19.3 Å². The van der Waals surface area contributed by atoms with Gasteiger partial charge in [0.2, 0.25) is 5.91 Å². The van der Waals surface area contributed by atoms with E-state index in [0.29, 0.717) is 10.9 Å². The summed E-state index contributed by atoms with van der Waals surface area (Å²) in [5.74, 6) is -0.592. The predicted molar refractivity (Wildman–Crippen MR) is 94.9 cm³/mol. The maximum atomic E-state index is 12.4. The molecule has 0 unspecified atom stereocenters. The second-order valence-electron chi connectivity index (χ2n) is 5.20. The fourth-order valence-electron chi connectivity index (χ4n) is 2.23. The molecule has 0 fully saturated rings. The first-order valence-electron chi connectivity index (χ1n) is 7.09. The molecule has 0 bridgehead atoms. The zero-order chi connectivity index (χ0) is 17.2. The van der Waals surface area contributed by atoms with Gasteiger partial charge < -0.3 is 0 Å². The number of sulfonamides is 1. The highest BCUT2D eigenvalue weighted by Crippen LogP contribution is 2.16. The Morgan fingerprint density at radius 3 is 2.54 bits per heavy atom. The van der Waals surface area contributed by atoms with E-state index in [9.17, 15) is 13.2 Å². The van der Waals surface area contributed by atoms with Crippen LogP contribution in [-0.2, 0) is 21.2 Å². The molecule has 0 spiro atoms. The molecule has 0 saturated carbocycles. The van der Waals surface area contributed by atoms with Gasteiger partial charge in [0, 0.05) is 16.1 Å². The first-order valence-corrected chi connectivity index (χ1v) is 9.36. The lowest BCUT2D eigenvalue weighted by atomic mass is 10.1. The number of para-hydroxylation sites is 1. The van der Waals surface area contributed by atoms with Crippen LogP contribution >= 0.6 is 15.9 Å². The van der Waals surface area contributed by atoms with Crippen LogP contribution in [0.4, 0.5) is 0 Å². The van der Waals surface area contributed by atoms with E-state index < -0.39 is 15.9 Å². The number of rotatable bonds is 4. The monoisotopic (exact) mass is 404 g/mol. The minimum atomic E-state index is -3.95. The van der Waals surface area contributed by atoms with Crippen molar-refractivity contribution in [2.75, 3.05) is 0 Å². The van der Waals surface area contributed by atoms with Crippen molar-refractivity contribution in [1.29, 1.82) is 0 Å². The topological polar surface area (TPSA) is 76.1 Å². The molecule has 0 atom stereocenters.